The van der Waals surface area contributed by atoms with E-state index in [-0.39, 0.29) is 61.5 Å². The van der Waals surface area contributed by atoms with Crippen LogP contribution in [0.4, 0.5) is 13.2 Å². The van der Waals surface area contributed by atoms with E-state index >= 15 is 0 Å². The molecule has 0 fully saturated rings. The predicted molar refractivity (Wildman–Crippen MR) is 124 cm³/mol. The Hall–Kier alpha value is -5.95. The third kappa shape index (κ3) is 4.20. The lowest BCUT2D eigenvalue weighted by Gasteiger charge is -2.17. The van der Waals surface area contributed by atoms with Crippen LogP contribution in [-0.2, 0) is 0 Å². The van der Waals surface area contributed by atoms with E-state index in [1.54, 1.807) is 0 Å². The number of pyridine rings is 1. The number of halogens is 3. The van der Waals surface area contributed by atoms with Gasteiger partial charge in [0.05, 0.1) is 57.4 Å². The minimum absolute atomic E-state index is 0.0168. The van der Waals surface area contributed by atoms with E-state index in [1.807, 2.05) is 30.3 Å². The molecule has 0 aliphatic heterocycles. The highest BCUT2D eigenvalue weighted by Gasteiger charge is 2.27. The van der Waals surface area contributed by atoms with Crippen molar-refractivity contribution in [2.24, 2.45) is 0 Å². The average Bonchev–Trinajstić information content (AvgIpc) is 2.91. The highest BCUT2D eigenvalue weighted by Crippen LogP contribution is 2.41. The average molecular weight is 486 g/mol. The molecule has 3 aromatic carbocycles. The second-order valence-electron chi connectivity index (χ2n) is 7.56. The van der Waals surface area contributed by atoms with Gasteiger partial charge in [-0.25, -0.2) is 18.2 Å². The molecule has 1 aromatic heterocycles. The van der Waals surface area contributed by atoms with E-state index in [0.29, 0.717) is 0 Å². The fourth-order valence-electron chi connectivity index (χ4n) is 3.92. The van der Waals surface area contributed by atoms with Crippen LogP contribution in [0.5, 0.6) is 0 Å². The topological polar surface area (TPSA) is 132 Å². The molecule has 0 amide bonds. The smallest absolute Gasteiger partial charge is 0.124 e. The van der Waals surface area contributed by atoms with Gasteiger partial charge in [-0.2, -0.15) is 26.3 Å². The Morgan fingerprint density at radius 1 is 0.486 bits per heavy atom. The van der Waals surface area contributed by atoms with Gasteiger partial charge in [-0.15, -0.1) is 0 Å². The molecule has 1 heterocycles. The van der Waals surface area contributed by atoms with Crippen molar-refractivity contribution in [2.45, 2.75) is 0 Å². The zero-order valence-electron chi connectivity index (χ0n) is 18.5. The van der Waals surface area contributed by atoms with Crippen molar-refractivity contribution in [2.75, 3.05) is 0 Å². The largest absolute Gasteiger partial charge is 0.245 e. The molecular weight excluding hydrogens is 477 g/mol. The van der Waals surface area contributed by atoms with E-state index in [1.165, 1.54) is 18.2 Å². The Kier molecular flexibility index (Phi) is 6.36. The van der Waals surface area contributed by atoms with E-state index < -0.39 is 17.5 Å². The summed E-state index contributed by atoms with van der Waals surface area (Å²) in [6, 6.07) is 19.0. The summed E-state index contributed by atoms with van der Waals surface area (Å²) in [5.74, 6) is -2.17. The van der Waals surface area contributed by atoms with Crippen LogP contribution in [0.15, 0.2) is 54.6 Å². The first kappa shape index (κ1) is 24.2. The molecule has 9 heteroatoms. The maximum Gasteiger partial charge on any atom is 0.124 e. The van der Waals surface area contributed by atoms with Gasteiger partial charge >= 0.3 is 0 Å². The fourth-order valence-corrected chi connectivity index (χ4v) is 3.92. The molecule has 4 aromatic rings. The molecular formula is C28H9F3N6. The monoisotopic (exact) mass is 486 g/mol. The van der Waals surface area contributed by atoms with Crippen LogP contribution in [0.1, 0.15) is 27.8 Å². The quantitative estimate of drug-likeness (QED) is 0.356. The molecule has 0 radical (unpaired) electrons. The number of aromatic nitrogens is 1. The van der Waals surface area contributed by atoms with Crippen molar-refractivity contribution in [3.05, 3.63) is 99.9 Å². The van der Waals surface area contributed by atoms with Gasteiger partial charge in [0.25, 0.3) is 0 Å². The summed E-state index contributed by atoms with van der Waals surface area (Å²) in [5, 5.41) is 49.2. The predicted octanol–water partition coefficient (Wildman–Crippen LogP) is 5.86. The minimum Gasteiger partial charge on any atom is -0.245 e. The van der Waals surface area contributed by atoms with Crippen LogP contribution >= 0.6 is 0 Å². The van der Waals surface area contributed by atoms with Crippen molar-refractivity contribution in [3.8, 4) is 64.0 Å². The number of nitrogens with zero attached hydrogens (tertiary/aromatic N) is 6. The van der Waals surface area contributed by atoms with Crippen molar-refractivity contribution in [3.63, 3.8) is 0 Å². The summed E-state index contributed by atoms with van der Waals surface area (Å²) in [4.78, 5) is 4.44. The standard InChI is InChI=1S/C28H9F3N6/c29-18-1-4-21(15(7-18)10-32)26-24(13-35)27(22-5-2-19(30)8-16(22)11-33)37-28(25(26)14-36)23-6-3-20(31)9-17(23)12-34/h1-9H. The first-order valence-corrected chi connectivity index (χ1v) is 10.3. The second kappa shape index (κ2) is 9.73. The van der Waals surface area contributed by atoms with E-state index in [9.17, 15) is 39.5 Å². The summed E-state index contributed by atoms with van der Waals surface area (Å²) in [7, 11) is 0. The summed E-state index contributed by atoms with van der Waals surface area (Å²) < 4.78 is 41.7. The molecule has 0 unspecified atom stereocenters. The van der Waals surface area contributed by atoms with Gasteiger partial charge in [-0.3, -0.25) is 0 Å². The SMILES string of the molecule is N#Cc1cc(F)ccc1-c1nc(-c2ccc(F)cc2C#N)c(C#N)c(-c2ccc(F)cc2C#N)c1C#N. The second-order valence-corrected chi connectivity index (χ2v) is 7.56. The maximum atomic E-state index is 13.9. The Labute approximate surface area is 208 Å². The van der Waals surface area contributed by atoms with Crippen LogP contribution in [0.25, 0.3) is 33.6 Å². The third-order valence-electron chi connectivity index (χ3n) is 5.51. The normalized spacial score (nSPS) is 9.89. The lowest BCUT2D eigenvalue weighted by Crippen LogP contribution is -2.05. The van der Waals surface area contributed by atoms with Crippen molar-refractivity contribution in [1.82, 2.24) is 4.98 Å². The molecule has 0 saturated heterocycles. The summed E-state index contributed by atoms with van der Waals surface area (Å²) in [5.41, 5.74) is -1.35. The van der Waals surface area contributed by atoms with Crippen LogP contribution in [0, 0.1) is 74.1 Å². The van der Waals surface area contributed by atoms with E-state index in [2.05, 4.69) is 4.98 Å². The fraction of sp³-hybridized carbons (Fsp3) is 0. The van der Waals surface area contributed by atoms with Crippen LogP contribution in [-0.4, -0.2) is 4.98 Å². The zero-order valence-corrected chi connectivity index (χ0v) is 18.5. The van der Waals surface area contributed by atoms with Gasteiger partial charge in [-0.1, -0.05) is 6.07 Å². The summed E-state index contributed by atoms with van der Waals surface area (Å²) in [6.07, 6.45) is 0. The minimum atomic E-state index is -0.734. The molecule has 4 rings (SSSR count). The molecule has 0 atom stereocenters. The highest BCUT2D eigenvalue weighted by molar-refractivity contribution is 5.92. The number of nitriles is 5. The van der Waals surface area contributed by atoms with Crippen molar-refractivity contribution in [1.29, 1.82) is 26.3 Å². The van der Waals surface area contributed by atoms with Crippen LogP contribution in [0.2, 0.25) is 0 Å². The Morgan fingerprint density at radius 2 is 0.838 bits per heavy atom. The number of hydrogen-bond acceptors (Lipinski definition) is 6. The molecule has 0 spiro atoms. The Bertz CT molecular complexity index is 1730. The third-order valence-corrected chi connectivity index (χ3v) is 5.51. The molecule has 172 valence electrons. The lowest BCUT2D eigenvalue weighted by molar-refractivity contribution is 0.627. The van der Waals surface area contributed by atoms with Gasteiger partial charge < -0.3 is 0 Å². The molecule has 0 N–H and O–H groups in total. The summed E-state index contributed by atoms with van der Waals surface area (Å²) >= 11 is 0. The molecule has 0 aliphatic rings. The van der Waals surface area contributed by atoms with Gasteiger partial charge in [0, 0.05) is 22.3 Å². The molecule has 0 saturated carbocycles. The Morgan fingerprint density at radius 3 is 1.19 bits per heavy atom. The molecule has 37 heavy (non-hydrogen) atoms. The van der Waals surface area contributed by atoms with Crippen LogP contribution in [0.3, 0.4) is 0 Å². The zero-order chi connectivity index (χ0) is 26.7. The highest BCUT2D eigenvalue weighted by atomic mass is 19.1. The first-order valence-electron chi connectivity index (χ1n) is 10.3. The van der Waals surface area contributed by atoms with Gasteiger partial charge in [0.2, 0.25) is 0 Å². The first-order chi connectivity index (χ1) is 17.9. The van der Waals surface area contributed by atoms with Gasteiger partial charge in [0.15, 0.2) is 0 Å². The van der Waals surface area contributed by atoms with Crippen molar-refractivity contribution >= 4 is 0 Å². The van der Waals surface area contributed by atoms with E-state index in [0.717, 1.165) is 36.4 Å². The number of benzene rings is 3. The van der Waals surface area contributed by atoms with Gasteiger partial charge in [0.1, 0.15) is 29.6 Å². The summed E-state index contributed by atoms with van der Waals surface area (Å²) in [6.45, 7) is 0. The lowest BCUT2D eigenvalue weighted by atomic mass is 9.86. The maximum absolute atomic E-state index is 13.9. The van der Waals surface area contributed by atoms with Crippen LogP contribution < -0.4 is 0 Å². The van der Waals surface area contributed by atoms with E-state index in [4.69, 9.17) is 0 Å². The molecule has 6 nitrogen and oxygen atoms in total. The van der Waals surface area contributed by atoms with Crippen molar-refractivity contribution < 1.29 is 13.2 Å². The Balaban J connectivity index is 2.28. The number of rotatable bonds is 3. The molecule has 0 aliphatic carbocycles. The number of hydrogen-bond donors (Lipinski definition) is 0. The van der Waals surface area contributed by atoms with Gasteiger partial charge in [-0.05, 0) is 48.5 Å². The molecule has 0 bridgehead atoms.